The van der Waals surface area contributed by atoms with Crippen LogP contribution in [-0.4, -0.2) is 35.8 Å². The summed E-state index contributed by atoms with van der Waals surface area (Å²) < 4.78 is 5.35. The zero-order valence-corrected chi connectivity index (χ0v) is 14.0. The first kappa shape index (κ1) is 15.9. The normalized spacial score (nSPS) is 29.2. The smallest absolute Gasteiger partial charge is 0.244 e. The minimum atomic E-state index is -0.369. The largest absolute Gasteiger partial charge is 0.494 e. The highest BCUT2D eigenvalue weighted by Crippen LogP contribution is 2.52. The van der Waals surface area contributed by atoms with E-state index in [2.05, 4.69) is 5.32 Å². The SMILES string of the molecule is CCOc1ccc(NC(=O)CN2C(=O)C3C4C=CC(C4)C3C2=O)cc1. The predicted molar refractivity (Wildman–Crippen MR) is 90.7 cm³/mol. The first-order valence-corrected chi connectivity index (χ1v) is 8.64. The zero-order chi connectivity index (χ0) is 17.6. The van der Waals surface area contributed by atoms with Gasteiger partial charge in [-0.15, -0.1) is 0 Å². The van der Waals surface area contributed by atoms with Crippen molar-refractivity contribution in [2.24, 2.45) is 23.7 Å². The summed E-state index contributed by atoms with van der Waals surface area (Å²) in [6.07, 6.45) is 4.97. The minimum Gasteiger partial charge on any atom is -0.494 e. The Morgan fingerprint density at radius 2 is 1.72 bits per heavy atom. The van der Waals surface area contributed by atoms with Gasteiger partial charge in [0.05, 0.1) is 18.4 Å². The highest BCUT2D eigenvalue weighted by molar-refractivity contribution is 6.09. The zero-order valence-electron chi connectivity index (χ0n) is 14.0. The number of nitrogens with one attached hydrogen (secondary N) is 1. The first-order chi connectivity index (χ1) is 12.1. The highest BCUT2D eigenvalue weighted by atomic mass is 16.5. The van der Waals surface area contributed by atoms with Gasteiger partial charge in [0.2, 0.25) is 17.7 Å². The Bertz CT molecular complexity index is 725. The van der Waals surface area contributed by atoms with Crippen molar-refractivity contribution in [2.75, 3.05) is 18.5 Å². The maximum atomic E-state index is 12.6. The van der Waals surface area contributed by atoms with Gasteiger partial charge in [-0.3, -0.25) is 19.3 Å². The molecule has 25 heavy (non-hydrogen) atoms. The number of carbonyl (C=O) groups is 3. The molecule has 1 heterocycles. The van der Waals surface area contributed by atoms with Gasteiger partial charge in [-0.1, -0.05) is 12.2 Å². The second kappa shape index (κ2) is 6.02. The Morgan fingerprint density at radius 3 is 2.28 bits per heavy atom. The molecule has 0 aromatic heterocycles. The van der Waals surface area contributed by atoms with Crippen molar-refractivity contribution in [3.05, 3.63) is 36.4 Å². The Kier molecular flexibility index (Phi) is 3.82. The summed E-state index contributed by atoms with van der Waals surface area (Å²) in [6, 6.07) is 6.99. The molecular formula is C19H20N2O4. The topological polar surface area (TPSA) is 75.7 Å². The minimum absolute atomic E-state index is 0.158. The van der Waals surface area contributed by atoms with Crippen molar-refractivity contribution in [3.63, 3.8) is 0 Å². The van der Waals surface area contributed by atoms with Crippen LogP contribution >= 0.6 is 0 Å². The van der Waals surface area contributed by atoms with Crippen molar-refractivity contribution >= 4 is 23.4 Å². The molecule has 1 aliphatic heterocycles. The molecule has 1 saturated heterocycles. The van der Waals surface area contributed by atoms with E-state index in [-0.39, 0.29) is 47.9 Å². The summed E-state index contributed by atoms with van der Waals surface area (Å²) in [5.74, 6) is -0.257. The molecule has 4 unspecified atom stereocenters. The maximum absolute atomic E-state index is 12.6. The molecular weight excluding hydrogens is 320 g/mol. The van der Waals surface area contributed by atoms with Gasteiger partial charge in [-0.25, -0.2) is 0 Å². The van der Waals surface area contributed by atoms with Crippen LogP contribution < -0.4 is 10.1 Å². The average Bonchev–Trinajstić information content (AvgIpc) is 3.27. The Balaban J connectivity index is 1.40. The van der Waals surface area contributed by atoms with E-state index in [9.17, 15) is 14.4 Å². The van der Waals surface area contributed by atoms with Crippen LogP contribution in [0.4, 0.5) is 5.69 Å². The molecule has 1 aromatic carbocycles. The summed E-state index contributed by atoms with van der Waals surface area (Å²) in [5, 5.41) is 2.73. The van der Waals surface area contributed by atoms with Crippen molar-refractivity contribution in [2.45, 2.75) is 13.3 Å². The monoisotopic (exact) mass is 340 g/mol. The Hall–Kier alpha value is -2.63. The van der Waals surface area contributed by atoms with Crippen LogP contribution in [0.1, 0.15) is 13.3 Å². The van der Waals surface area contributed by atoms with Crippen molar-refractivity contribution < 1.29 is 19.1 Å². The summed E-state index contributed by atoms with van der Waals surface area (Å²) in [5.41, 5.74) is 0.606. The molecule has 4 atom stereocenters. The van der Waals surface area contributed by atoms with Gasteiger partial charge in [0.25, 0.3) is 0 Å². The van der Waals surface area contributed by atoms with Crippen LogP contribution in [0.15, 0.2) is 36.4 Å². The van der Waals surface area contributed by atoms with Gasteiger partial charge in [-0.2, -0.15) is 0 Å². The summed E-state index contributed by atoms with van der Waals surface area (Å²) in [7, 11) is 0. The number of hydrogen-bond acceptors (Lipinski definition) is 4. The molecule has 6 heteroatoms. The second-order valence-corrected chi connectivity index (χ2v) is 6.77. The summed E-state index contributed by atoms with van der Waals surface area (Å²) >= 11 is 0. The van der Waals surface area contributed by atoms with Crippen LogP contribution in [0.5, 0.6) is 5.75 Å². The first-order valence-electron chi connectivity index (χ1n) is 8.64. The number of hydrogen-bond donors (Lipinski definition) is 1. The van der Waals surface area contributed by atoms with E-state index in [1.165, 1.54) is 0 Å². The molecule has 3 amide bonds. The van der Waals surface area contributed by atoms with Gasteiger partial charge >= 0.3 is 0 Å². The number of carbonyl (C=O) groups excluding carboxylic acids is 3. The molecule has 1 aromatic rings. The Morgan fingerprint density at radius 1 is 1.12 bits per heavy atom. The number of benzene rings is 1. The van der Waals surface area contributed by atoms with Crippen molar-refractivity contribution in [1.29, 1.82) is 0 Å². The second-order valence-electron chi connectivity index (χ2n) is 6.77. The standard InChI is InChI=1S/C19H20N2O4/c1-2-25-14-7-5-13(6-8-14)20-15(22)10-21-18(23)16-11-3-4-12(9-11)17(16)19(21)24/h3-8,11-12,16-17H,2,9-10H2,1H3,(H,20,22). The van der Waals surface area contributed by atoms with Gasteiger partial charge in [0.1, 0.15) is 12.3 Å². The summed E-state index contributed by atoms with van der Waals surface area (Å²) in [6.45, 7) is 2.25. The molecule has 130 valence electrons. The van der Waals surface area contributed by atoms with E-state index in [0.717, 1.165) is 17.1 Å². The van der Waals surface area contributed by atoms with Crippen LogP contribution in [0.25, 0.3) is 0 Å². The molecule has 1 N–H and O–H groups in total. The fourth-order valence-electron chi connectivity index (χ4n) is 4.27. The number of fused-ring (bicyclic) bond motifs is 5. The highest BCUT2D eigenvalue weighted by Gasteiger charge is 2.59. The molecule has 0 spiro atoms. The van der Waals surface area contributed by atoms with E-state index < -0.39 is 0 Å². The van der Waals surface area contributed by atoms with Crippen LogP contribution in [0.3, 0.4) is 0 Å². The lowest BCUT2D eigenvalue weighted by atomic mass is 9.85. The number of ether oxygens (including phenoxy) is 1. The van der Waals surface area contributed by atoms with E-state index in [1.54, 1.807) is 24.3 Å². The lowest BCUT2D eigenvalue weighted by Gasteiger charge is -2.16. The molecule has 4 rings (SSSR count). The fourth-order valence-corrected chi connectivity index (χ4v) is 4.27. The van der Waals surface area contributed by atoms with Gasteiger partial charge < -0.3 is 10.1 Å². The third-order valence-electron chi connectivity index (χ3n) is 5.31. The van der Waals surface area contributed by atoms with E-state index in [4.69, 9.17) is 4.74 Å². The lowest BCUT2D eigenvalue weighted by Crippen LogP contribution is -2.39. The molecule has 6 nitrogen and oxygen atoms in total. The van der Waals surface area contributed by atoms with Crippen molar-refractivity contribution in [3.8, 4) is 5.75 Å². The number of imide groups is 1. The fraction of sp³-hybridized carbons (Fsp3) is 0.421. The third kappa shape index (κ3) is 2.62. The van der Waals surface area contributed by atoms with E-state index >= 15 is 0 Å². The van der Waals surface area contributed by atoms with Crippen LogP contribution in [-0.2, 0) is 14.4 Å². The molecule has 1 saturated carbocycles. The van der Waals surface area contributed by atoms with Gasteiger partial charge in [0.15, 0.2) is 0 Å². The quantitative estimate of drug-likeness (QED) is 0.655. The predicted octanol–water partition coefficient (Wildman–Crippen LogP) is 1.83. The van der Waals surface area contributed by atoms with E-state index in [0.29, 0.717) is 12.3 Å². The number of allylic oxidation sites excluding steroid dienone is 2. The van der Waals surface area contributed by atoms with Gasteiger partial charge in [-0.05, 0) is 49.4 Å². The van der Waals surface area contributed by atoms with Crippen molar-refractivity contribution in [1.82, 2.24) is 4.90 Å². The third-order valence-corrected chi connectivity index (χ3v) is 5.31. The Labute approximate surface area is 145 Å². The molecule has 2 aliphatic carbocycles. The molecule has 2 bridgehead atoms. The molecule has 3 aliphatic rings. The van der Waals surface area contributed by atoms with Crippen LogP contribution in [0.2, 0.25) is 0 Å². The number of likely N-dealkylation sites (tertiary alicyclic amines) is 1. The van der Waals surface area contributed by atoms with E-state index in [1.807, 2.05) is 19.1 Å². The number of nitrogens with zero attached hydrogens (tertiary/aromatic N) is 1. The molecule has 0 radical (unpaired) electrons. The molecule has 2 fully saturated rings. The van der Waals surface area contributed by atoms with Crippen LogP contribution in [0, 0.1) is 23.7 Å². The maximum Gasteiger partial charge on any atom is 0.244 e. The number of anilines is 1. The number of amides is 3. The average molecular weight is 340 g/mol. The summed E-state index contributed by atoms with van der Waals surface area (Å²) in [4.78, 5) is 38.5. The lowest BCUT2D eigenvalue weighted by molar-refractivity contribution is -0.143. The van der Waals surface area contributed by atoms with Gasteiger partial charge in [0, 0.05) is 5.69 Å². The number of rotatable bonds is 5.